The third kappa shape index (κ3) is 4.11. The van der Waals surface area contributed by atoms with Crippen LogP contribution in [-0.2, 0) is 7.05 Å². The van der Waals surface area contributed by atoms with E-state index in [-0.39, 0.29) is 11.6 Å². The van der Waals surface area contributed by atoms with Gasteiger partial charge in [0.15, 0.2) is 16.8 Å². The van der Waals surface area contributed by atoms with Crippen LogP contribution in [0.1, 0.15) is 16.2 Å². The Bertz CT molecular complexity index is 823. The van der Waals surface area contributed by atoms with Gasteiger partial charge >= 0.3 is 0 Å². The molecule has 2 aromatic rings. The summed E-state index contributed by atoms with van der Waals surface area (Å²) in [6.45, 7) is 3.49. The van der Waals surface area contributed by atoms with Crippen LogP contribution in [-0.4, -0.2) is 32.5 Å². The molecule has 1 N–H and O–H groups in total. The third-order valence-electron chi connectivity index (χ3n) is 2.95. The molecule has 0 atom stereocenters. The molecule has 0 aliphatic carbocycles. The minimum atomic E-state index is -0.389. The van der Waals surface area contributed by atoms with E-state index in [1.165, 1.54) is 48.3 Å². The molecule has 0 bridgehead atoms. The Morgan fingerprint density at radius 2 is 2.08 bits per heavy atom. The monoisotopic (exact) mass is 343 g/mol. The van der Waals surface area contributed by atoms with Crippen molar-refractivity contribution in [2.75, 3.05) is 0 Å². The highest BCUT2D eigenvalue weighted by Gasteiger charge is 2.12. The van der Waals surface area contributed by atoms with Gasteiger partial charge in [-0.15, -0.1) is 10.2 Å². The van der Waals surface area contributed by atoms with Gasteiger partial charge in [-0.1, -0.05) is 18.3 Å². The maximum Gasteiger partial charge on any atom is 0.195 e. The molecular weight excluding hydrogens is 329 g/mol. The average molecular weight is 343 g/mol. The molecule has 6 nitrogen and oxygen atoms in total. The molecule has 8 heteroatoms. The first-order valence-corrected chi connectivity index (χ1v) is 7.67. The molecule has 0 unspecified atom stereocenters. The van der Waals surface area contributed by atoms with Gasteiger partial charge in [0.05, 0.1) is 0 Å². The Kier molecular flexibility index (Phi) is 5.91. The lowest BCUT2D eigenvalue weighted by atomic mass is 10.1. The first-order valence-electron chi connectivity index (χ1n) is 6.79. The molecule has 0 amide bonds. The lowest BCUT2D eigenvalue weighted by Crippen LogP contribution is -2.09. The van der Waals surface area contributed by atoms with Crippen LogP contribution in [0.2, 0.25) is 0 Å². The molecule has 1 aromatic carbocycles. The fourth-order valence-corrected chi connectivity index (χ4v) is 2.41. The molecule has 2 rings (SSSR count). The lowest BCUT2D eigenvalue weighted by Gasteiger charge is -2.00. The number of hydrogen-bond acceptors (Lipinski definition) is 6. The number of aliphatic imine (C=N–C) groups is 1. The van der Waals surface area contributed by atoms with E-state index in [9.17, 15) is 9.18 Å². The number of rotatable bonds is 7. The molecule has 0 aliphatic rings. The average Bonchev–Trinajstić information content (AvgIpc) is 2.94. The lowest BCUT2D eigenvalue weighted by molar-refractivity contribution is 0.104. The molecule has 1 heterocycles. The van der Waals surface area contributed by atoms with Crippen molar-refractivity contribution in [3.63, 3.8) is 0 Å². The van der Waals surface area contributed by atoms with Gasteiger partial charge in [-0.05, 0) is 35.7 Å². The first-order chi connectivity index (χ1) is 11.6. The molecule has 24 heavy (non-hydrogen) atoms. The van der Waals surface area contributed by atoms with Crippen molar-refractivity contribution in [1.82, 2.24) is 14.8 Å². The van der Waals surface area contributed by atoms with Crippen LogP contribution in [0.4, 0.5) is 4.39 Å². The van der Waals surface area contributed by atoms with E-state index in [4.69, 9.17) is 5.41 Å². The molecule has 0 radical (unpaired) electrons. The summed E-state index contributed by atoms with van der Waals surface area (Å²) in [5, 5.41) is 17.4. The van der Waals surface area contributed by atoms with Crippen LogP contribution < -0.4 is 0 Å². The van der Waals surface area contributed by atoms with Crippen LogP contribution in [0.5, 0.6) is 0 Å². The number of nitrogens with one attached hydrogen (secondary N) is 1. The van der Waals surface area contributed by atoms with E-state index in [1.54, 1.807) is 17.0 Å². The zero-order valence-corrected chi connectivity index (χ0v) is 13.6. The van der Waals surface area contributed by atoms with Gasteiger partial charge in [0, 0.05) is 25.0 Å². The van der Waals surface area contributed by atoms with Crippen molar-refractivity contribution in [2.45, 2.75) is 5.16 Å². The summed E-state index contributed by atoms with van der Waals surface area (Å²) < 4.78 is 14.5. The van der Waals surface area contributed by atoms with E-state index < -0.39 is 0 Å². The number of halogens is 1. The summed E-state index contributed by atoms with van der Waals surface area (Å²) >= 11 is 1.20. The Balaban J connectivity index is 2.09. The van der Waals surface area contributed by atoms with Crippen LogP contribution in [0.25, 0.3) is 0 Å². The molecule has 0 fully saturated rings. The van der Waals surface area contributed by atoms with Crippen LogP contribution in [0.15, 0.2) is 58.7 Å². The maximum atomic E-state index is 12.8. The predicted octanol–water partition coefficient (Wildman–Crippen LogP) is 3.03. The Labute approximate surface area is 142 Å². The Morgan fingerprint density at radius 3 is 2.71 bits per heavy atom. The van der Waals surface area contributed by atoms with Crippen LogP contribution in [0.3, 0.4) is 0 Å². The van der Waals surface area contributed by atoms with Crippen molar-refractivity contribution in [3.05, 3.63) is 65.7 Å². The second-order valence-corrected chi connectivity index (χ2v) is 5.37. The third-order valence-corrected chi connectivity index (χ3v) is 3.79. The van der Waals surface area contributed by atoms with Gasteiger partial charge in [0.25, 0.3) is 0 Å². The summed E-state index contributed by atoms with van der Waals surface area (Å²) in [5.41, 5.74) is 0.731. The number of allylic oxidation sites excluding steroid dienone is 1. The van der Waals surface area contributed by atoms with Crippen LogP contribution in [0, 0.1) is 11.2 Å². The van der Waals surface area contributed by atoms with Crippen molar-refractivity contribution in [1.29, 1.82) is 5.41 Å². The van der Waals surface area contributed by atoms with E-state index in [1.807, 2.05) is 0 Å². The fourth-order valence-electron chi connectivity index (χ4n) is 1.77. The van der Waals surface area contributed by atoms with E-state index >= 15 is 0 Å². The summed E-state index contributed by atoms with van der Waals surface area (Å²) in [4.78, 5) is 15.9. The van der Waals surface area contributed by atoms with E-state index in [0.717, 1.165) is 6.21 Å². The topological polar surface area (TPSA) is 84.0 Å². The highest BCUT2D eigenvalue weighted by molar-refractivity contribution is 8.02. The number of thioether (sulfide) groups is 1. The fraction of sp³-hybridized carbons (Fsp3) is 0.0625. The number of carbonyl (C=O) groups excluding carboxylic acids is 1. The summed E-state index contributed by atoms with van der Waals surface area (Å²) in [6, 6.07) is 5.33. The van der Waals surface area contributed by atoms with Crippen LogP contribution >= 0.6 is 11.8 Å². The van der Waals surface area contributed by atoms with E-state index in [0.29, 0.717) is 22.3 Å². The molecule has 122 valence electrons. The number of benzene rings is 1. The molecule has 0 saturated heterocycles. The van der Waals surface area contributed by atoms with Gasteiger partial charge in [0.1, 0.15) is 11.5 Å². The quantitative estimate of drug-likeness (QED) is 0.362. The molecular formula is C16H14FN5OS. The smallest absolute Gasteiger partial charge is 0.195 e. The van der Waals surface area contributed by atoms with Gasteiger partial charge in [-0.2, -0.15) is 0 Å². The first kappa shape index (κ1) is 17.5. The Hall–Kier alpha value is -2.87. The minimum Gasteiger partial charge on any atom is -0.306 e. The zero-order chi connectivity index (χ0) is 17.5. The maximum absolute atomic E-state index is 12.8. The number of hydrogen-bond donors (Lipinski definition) is 1. The second-order valence-electron chi connectivity index (χ2n) is 4.50. The van der Waals surface area contributed by atoms with E-state index in [2.05, 4.69) is 21.8 Å². The molecule has 0 aliphatic heterocycles. The van der Waals surface area contributed by atoms with Gasteiger partial charge in [-0.3, -0.25) is 9.79 Å². The SMILES string of the molecule is C=CN=C(C=N)c1nnc(S/C=C/C(=O)c2ccc(F)cc2)n1C. The normalized spacial score (nSPS) is 11.7. The standard InChI is InChI=1S/C16H14FN5OS/c1-3-19-13(10-18)15-20-21-16(22(15)2)24-9-8-14(23)11-4-6-12(17)7-5-11/h3-10,18H,1H2,2H3/b9-8+,18-10?,19-13?. The number of carbonyl (C=O) groups is 1. The highest BCUT2D eigenvalue weighted by atomic mass is 32.2. The molecule has 0 saturated carbocycles. The van der Waals surface area contributed by atoms with Gasteiger partial charge in [0.2, 0.25) is 0 Å². The summed E-state index contributed by atoms with van der Waals surface area (Å²) in [6.07, 6.45) is 3.76. The minimum absolute atomic E-state index is 0.238. The Morgan fingerprint density at radius 1 is 1.38 bits per heavy atom. The highest BCUT2D eigenvalue weighted by Crippen LogP contribution is 2.17. The van der Waals surface area contributed by atoms with Crippen molar-refractivity contribution < 1.29 is 9.18 Å². The van der Waals surface area contributed by atoms with Gasteiger partial charge in [-0.25, -0.2) is 4.39 Å². The predicted molar refractivity (Wildman–Crippen MR) is 92.2 cm³/mol. The zero-order valence-electron chi connectivity index (χ0n) is 12.8. The second kappa shape index (κ2) is 8.11. The summed E-state index contributed by atoms with van der Waals surface area (Å²) in [7, 11) is 1.73. The largest absolute Gasteiger partial charge is 0.306 e. The van der Waals surface area contributed by atoms with Gasteiger partial charge < -0.3 is 9.98 Å². The van der Waals surface area contributed by atoms with Crippen molar-refractivity contribution in [2.24, 2.45) is 12.0 Å². The number of ketones is 1. The number of nitrogens with zero attached hydrogens (tertiary/aromatic N) is 4. The van der Waals surface area contributed by atoms with Crippen molar-refractivity contribution >= 4 is 29.5 Å². The number of aromatic nitrogens is 3. The summed E-state index contributed by atoms with van der Waals surface area (Å²) in [5.74, 6) is -0.205. The molecule has 1 aromatic heterocycles. The van der Waals surface area contributed by atoms with Crippen molar-refractivity contribution in [3.8, 4) is 0 Å². The molecule has 0 spiro atoms.